The van der Waals surface area contributed by atoms with Gasteiger partial charge in [-0.1, -0.05) is 151 Å². The summed E-state index contributed by atoms with van der Waals surface area (Å²) in [7, 11) is 9.53. The molecule has 0 N–H and O–H groups in total. The van der Waals surface area contributed by atoms with Crippen LogP contribution in [0.5, 0.6) is 0 Å². The molecule has 0 aliphatic rings. The molecule has 0 saturated heterocycles. The summed E-state index contributed by atoms with van der Waals surface area (Å²) < 4.78 is 0. The van der Waals surface area contributed by atoms with Crippen molar-refractivity contribution in [2.24, 2.45) is 15.0 Å². The summed E-state index contributed by atoms with van der Waals surface area (Å²) in [4.78, 5) is 15.9. The van der Waals surface area contributed by atoms with Crippen LogP contribution < -0.4 is 0 Å². The van der Waals surface area contributed by atoms with Gasteiger partial charge < -0.3 is 0 Å². The van der Waals surface area contributed by atoms with Crippen molar-refractivity contribution in [3.8, 4) is 0 Å². The van der Waals surface area contributed by atoms with E-state index in [2.05, 4.69) is 148 Å². The summed E-state index contributed by atoms with van der Waals surface area (Å²) in [6.07, 6.45) is 1.95. The topological polar surface area (TPSA) is 37.1 Å². The zero-order valence-corrected chi connectivity index (χ0v) is 32.7. The van der Waals surface area contributed by atoms with Gasteiger partial charge in [-0.2, -0.15) is 0 Å². The van der Waals surface area contributed by atoms with Crippen molar-refractivity contribution >= 4 is 49.2 Å². The Morgan fingerprint density at radius 1 is 0.583 bits per heavy atom. The Bertz CT molecular complexity index is 1650. The standard InChI is InChI=1S/C42H51N3.2ClH.Fe/c1-27(2)35-21-31(9)22-36(28(3)4)41(35)44-39(33-17-13-11-14-18-33)25-43-26-40(34-19-15-12-16-20-34)45-42-37(29(5)6)23-32(10)24-38(42)30(7)8;;;/h11-25,27-30H,26H2,1-10H3;2*1H;/q;;;+2/p-2. The normalized spacial score (nSPS) is 12.5. The zero-order chi connectivity index (χ0) is 35.4. The molecule has 0 aliphatic heterocycles. The summed E-state index contributed by atoms with van der Waals surface area (Å²) in [6.45, 7) is 22.8. The summed E-state index contributed by atoms with van der Waals surface area (Å²) in [5, 5.41) is 0. The molecule has 0 fully saturated rings. The summed E-state index contributed by atoms with van der Waals surface area (Å²) in [5.74, 6) is 1.43. The fourth-order valence-corrected chi connectivity index (χ4v) is 5.76. The molecule has 0 spiro atoms. The van der Waals surface area contributed by atoms with Gasteiger partial charge in [0.2, 0.25) is 0 Å². The number of aryl methyl sites for hydroxylation is 2. The van der Waals surface area contributed by atoms with E-state index in [0.717, 1.165) is 33.9 Å². The van der Waals surface area contributed by atoms with E-state index in [4.69, 9.17) is 35.2 Å². The van der Waals surface area contributed by atoms with Crippen LogP contribution in [0, 0.1) is 13.8 Å². The van der Waals surface area contributed by atoms with Crippen molar-refractivity contribution in [3.05, 3.63) is 129 Å². The molecule has 48 heavy (non-hydrogen) atoms. The van der Waals surface area contributed by atoms with Gasteiger partial charge in [0.1, 0.15) is 0 Å². The van der Waals surface area contributed by atoms with Crippen molar-refractivity contribution in [2.45, 2.75) is 92.9 Å². The van der Waals surface area contributed by atoms with Crippen LogP contribution in [0.3, 0.4) is 0 Å². The Hall–Kier alpha value is -3.01. The molecule has 0 atom stereocenters. The zero-order valence-electron chi connectivity index (χ0n) is 30.1. The summed E-state index contributed by atoms with van der Waals surface area (Å²) >= 11 is 0.194. The molecule has 0 aromatic heterocycles. The van der Waals surface area contributed by atoms with Gasteiger partial charge in [0.15, 0.2) is 0 Å². The minimum absolute atomic E-state index is 0.194. The van der Waals surface area contributed by atoms with E-state index in [9.17, 15) is 0 Å². The Kier molecular flexibility index (Phi) is 15.8. The molecule has 0 unspecified atom stereocenters. The van der Waals surface area contributed by atoms with Crippen molar-refractivity contribution in [2.75, 3.05) is 6.54 Å². The van der Waals surface area contributed by atoms with Gasteiger partial charge in [0.25, 0.3) is 0 Å². The maximum atomic E-state index is 5.41. The molecular formula is C42H51Cl2FeN3. The Morgan fingerprint density at radius 3 is 1.31 bits per heavy atom. The van der Waals surface area contributed by atoms with Gasteiger partial charge in [-0.15, -0.1) is 0 Å². The summed E-state index contributed by atoms with van der Waals surface area (Å²) in [6, 6.07) is 30.0. The number of nitrogens with zero attached hydrogens (tertiary/aromatic N) is 3. The first-order valence-corrected chi connectivity index (χ1v) is 19.8. The van der Waals surface area contributed by atoms with Crippen LogP contribution in [-0.4, -0.2) is 24.2 Å². The molecule has 256 valence electrons. The molecule has 0 bridgehead atoms. The number of hydrogen-bond donors (Lipinski definition) is 0. The van der Waals surface area contributed by atoms with Crippen LogP contribution >= 0.6 is 20.2 Å². The van der Waals surface area contributed by atoms with E-state index >= 15 is 0 Å². The van der Waals surface area contributed by atoms with Gasteiger partial charge in [0.05, 0.1) is 29.3 Å². The molecule has 0 aliphatic carbocycles. The maximum absolute atomic E-state index is 5.41. The number of rotatable bonds is 11. The molecule has 0 saturated carbocycles. The van der Waals surface area contributed by atoms with Gasteiger partial charge in [-0.05, 0) is 65.3 Å². The van der Waals surface area contributed by atoms with E-state index in [1.165, 1.54) is 33.4 Å². The third-order valence-corrected chi connectivity index (χ3v) is 8.22. The molecule has 6 heteroatoms. The predicted molar refractivity (Wildman–Crippen MR) is 209 cm³/mol. The van der Waals surface area contributed by atoms with Crippen molar-refractivity contribution in [3.63, 3.8) is 0 Å². The number of aliphatic imine (C=N–C) groups is 3. The van der Waals surface area contributed by atoms with Crippen LogP contribution in [0.1, 0.15) is 124 Å². The quantitative estimate of drug-likeness (QED) is 0.109. The second-order valence-corrected chi connectivity index (χ2v) is 15.3. The van der Waals surface area contributed by atoms with Gasteiger partial charge in [-0.3, -0.25) is 9.98 Å². The van der Waals surface area contributed by atoms with E-state index in [1.54, 1.807) is 0 Å². The van der Waals surface area contributed by atoms with Crippen LogP contribution in [-0.2, 0) is 13.1 Å². The van der Waals surface area contributed by atoms with Crippen LogP contribution in [0.2, 0.25) is 0 Å². The fraction of sp³-hybridized carbons (Fsp3) is 0.357. The molecule has 4 aromatic carbocycles. The third-order valence-electron chi connectivity index (χ3n) is 8.22. The molecule has 0 heterocycles. The van der Waals surface area contributed by atoms with Crippen LogP contribution in [0.25, 0.3) is 0 Å². The molecule has 0 amide bonds. The monoisotopic (exact) mass is 723 g/mol. The van der Waals surface area contributed by atoms with Crippen LogP contribution in [0.15, 0.2) is 99.9 Å². The Morgan fingerprint density at radius 2 is 0.938 bits per heavy atom. The molecule has 4 rings (SSSR count). The van der Waals surface area contributed by atoms with Crippen molar-refractivity contribution in [1.82, 2.24) is 0 Å². The van der Waals surface area contributed by atoms with Gasteiger partial charge in [0, 0.05) is 11.8 Å². The second-order valence-electron chi connectivity index (χ2n) is 13.5. The Balaban J connectivity index is 0.00000201. The van der Waals surface area contributed by atoms with Crippen molar-refractivity contribution < 1.29 is 13.1 Å². The number of hydrogen-bond acceptors (Lipinski definition) is 3. The van der Waals surface area contributed by atoms with E-state index in [1.807, 2.05) is 12.3 Å². The Labute approximate surface area is 304 Å². The summed E-state index contributed by atoms with van der Waals surface area (Å²) in [5.41, 5.74) is 13.8. The molecule has 4 aromatic rings. The van der Waals surface area contributed by atoms with Crippen molar-refractivity contribution in [1.29, 1.82) is 0 Å². The number of benzene rings is 4. The third kappa shape index (κ3) is 11.0. The fourth-order valence-electron chi connectivity index (χ4n) is 5.76. The SMILES string of the molecule is Cc1cc(C(C)C)c(N=C(C=NCC(=Nc2c(C(C)C)cc(C)cc2C(C)C)c2ccccc2)c2ccccc2)c(C(C)C)c1.[Cl][Fe][Cl]. The van der Waals surface area contributed by atoms with Crippen LogP contribution in [0.4, 0.5) is 11.4 Å². The van der Waals surface area contributed by atoms with E-state index < -0.39 is 0 Å². The molecule has 0 radical (unpaired) electrons. The molecule has 3 nitrogen and oxygen atoms in total. The average molecular weight is 725 g/mol. The van der Waals surface area contributed by atoms with Gasteiger partial charge >= 0.3 is 33.3 Å². The molecular weight excluding hydrogens is 673 g/mol. The van der Waals surface area contributed by atoms with E-state index in [0.29, 0.717) is 30.2 Å². The van der Waals surface area contributed by atoms with E-state index in [-0.39, 0.29) is 13.1 Å². The first kappa shape index (κ1) is 39.4. The first-order chi connectivity index (χ1) is 22.9. The number of halogens is 2. The predicted octanol–water partition coefficient (Wildman–Crippen LogP) is 13.2. The average Bonchev–Trinajstić information content (AvgIpc) is 3.05. The second kappa shape index (κ2) is 19.2. The first-order valence-electron chi connectivity index (χ1n) is 16.8. The van der Waals surface area contributed by atoms with Gasteiger partial charge in [-0.25, -0.2) is 4.99 Å². The minimum atomic E-state index is 0.194.